The number of pyridine rings is 1. The smallest absolute Gasteiger partial charge is 0.343 e. The second-order valence-electron chi connectivity index (χ2n) is 3.95. The molecule has 16 heavy (non-hydrogen) atoms. The topological polar surface area (TPSA) is 66.6 Å². The Labute approximate surface area is 93.4 Å². The van der Waals surface area contributed by atoms with E-state index >= 15 is 0 Å². The average Bonchev–Trinajstić information content (AvgIpc) is 2.74. The number of aromatic nitrogens is 1. The Morgan fingerprint density at radius 3 is 2.88 bits per heavy atom. The molecule has 0 saturated heterocycles. The maximum Gasteiger partial charge on any atom is 0.343 e. The van der Waals surface area contributed by atoms with E-state index in [-0.39, 0.29) is 17.6 Å². The molecule has 2 rings (SSSR count). The van der Waals surface area contributed by atoms with Crippen LogP contribution < -0.4 is 10.8 Å². The summed E-state index contributed by atoms with van der Waals surface area (Å²) in [6, 6.07) is 4.81. The third-order valence-corrected chi connectivity index (χ3v) is 2.72. The molecule has 1 aromatic heterocycles. The van der Waals surface area contributed by atoms with E-state index in [1.54, 1.807) is 18.2 Å². The lowest BCUT2D eigenvalue weighted by atomic mass is 10.3. The summed E-state index contributed by atoms with van der Waals surface area (Å²) in [4.78, 5) is 15.3. The highest BCUT2D eigenvalue weighted by Crippen LogP contribution is 2.17. The summed E-state index contributed by atoms with van der Waals surface area (Å²) in [7, 11) is 0. The monoisotopic (exact) mass is 221 g/mol. The molecule has 0 aliphatic heterocycles. The second-order valence-corrected chi connectivity index (χ2v) is 3.95. The van der Waals surface area contributed by atoms with Crippen LogP contribution in [0.4, 0.5) is 4.79 Å². The van der Waals surface area contributed by atoms with Crippen molar-refractivity contribution in [2.24, 2.45) is 4.99 Å². The van der Waals surface area contributed by atoms with Gasteiger partial charge in [-0.05, 0) is 25.0 Å². The third-order valence-electron chi connectivity index (χ3n) is 2.72. The molecule has 0 spiro atoms. The van der Waals surface area contributed by atoms with Gasteiger partial charge in [0.05, 0.1) is 0 Å². The molecule has 1 aliphatic carbocycles. The molecular formula is C11H15N3O2. The van der Waals surface area contributed by atoms with Crippen molar-refractivity contribution in [3.05, 3.63) is 29.9 Å². The molecule has 2 amide bonds. The van der Waals surface area contributed by atoms with Crippen molar-refractivity contribution < 1.29 is 10.0 Å². The number of carbonyl (C=O) groups is 1. The summed E-state index contributed by atoms with van der Waals surface area (Å²) in [6.07, 6.45) is 5.80. The van der Waals surface area contributed by atoms with Gasteiger partial charge in [0, 0.05) is 12.2 Å². The summed E-state index contributed by atoms with van der Waals surface area (Å²) >= 11 is 0. The summed E-state index contributed by atoms with van der Waals surface area (Å²) in [6.45, 7) is 0. The Hall–Kier alpha value is -1.78. The molecule has 0 radical (unpaired) electrons. The van der Waals surface area contributed by atoms with Crippen LogP contribution in [0.15, 0.2) is 29.4 Å². The van der Waals surface area contributed by atoms with Gasteiger partial charge >= 0.3 is 6.03 Å². The van der Waals surface area contributed by atoms with Crippen LogP contribution in [0.25, 0.3) is 0 Å². The Kier molecular flexibility index (Phi) is 3.24. The fraction of sp³-hybridized carbons (Fsp3) is 0.455. The molecule has 1 saturated carbocycles. The molecule has 0 atom stereocenters. The van der Waals surface area contributed by atoms with Crippen LogP contribution in [-0.2, 0) is 0 Å². The van der Waals surface area contributed by atoms with E-state index in [2.05, 4.69) is 10.3 Å². The van der Waals surface area contributed by atoms with E-state index in [1.807, 2.05) is 0 Å². The predicted octanol–water partition coefficient (Wildman–Crippen LogP) is 1.28. The van der Waals surface area contributed by atoms with Crippen molar-refractivity contribution in [2.75, 3.05) is 0 Å². The van der Waals surface area contributed by atoms with E-state index < -0.39 is 0 Å². The van der Waals surface area contributed by atoms with Crippen molar-refractivity contribution >= 4 is 6.03 Å². The van der Waals surface area contributed by atoms with Crippen molar-refractivity contribution in [1.29, 1.82) is 0 Å². The minimum Gasteiger partial charge on any atom is -0.427 e. The van der Waals surface area contributed by atoms with Gasteiger partial charge in [-0.3, -0.25) is 0 Å². The molecular weight excluding hydrogens is 206 g/mol. The Morgan fingerprint density at radius 2 is 2.19 bits per heavy atom. The molecule has 1 aromatic rings. The quantitative estimate of drug-likeness (QED) is 0.701. The standard InChI is InChI=1S/C11H15N3O2/c15-11(12-9-5-1-2-6-9)13-10-7-3-4-8-14(10)16/h3-4,7-9,16H,1-2,5-6H2,(H,12,15)/b13-10+. The van der Waals surface area contributed by atoms with Crippen LogP contribution in [0.1, 0.15) is 25.7 Å². The van der Waals surface area contributed by atoms with Crippen molar-refractivity contribution in [3.8, 4) is 0 Å². The average molecular weight is 221 g/mol. The molecule has 2 N–H and O–H groups in total. The Bertz CT molecular complexity index is 433. The summed E-state index contributed by atoms with van der Waals surface area (Å²) in [5.74, 6) is 0. The number of hydrogen-bond acceptors (Lipinski definition) is 2. The number of hydrogen-bond donors (Lipinski definition) is 2. The summed E-state index contributed by atoms with van der Waals surface area (Å²) in [5, 5.41) is 12.2. The zero-order chi connectivity index (χ0) is 11.4. The maximum atomic E-state index is 11.5. The lowest BCUT2D eigenvalue weighted by Crippen LogP contribution is -2.32. The molecule has 0 unspecified atom stereocenters. The van der Waals surface area contributed by atoms with E-state index in [0.717, 1.165) is 30.4 Å². The van der Waals surface area contributed by atoms with Crippen molar-refractivity contribution in [1.82, 2.24) is 10.0 Å². The van der Waals surface area contributed by atoms with Crippen LogP contribution in [0.2, 0.25) is 0 Å². The Morgan fingerprint density at radius 1 is 1.44 bits per heavy atom. The molecule has 1 aliphatic rings. The second kappa shape index (κ2) is 4.83. The first-order chi connectivity index (χ1) is 7.75. The van der Waals surface area contributed by atoms with E-state index in [9.17, 15) is 10.0 Å². The molecule has 5 heteroatoms. The first kappa shape index (κ1) is 10.7. The van der Waals surface area contributed by atoms with Gasteiger partial charge < -0.3 is 10.5 Å². The number of nitrogens with zero attached hydrogens (tertiary/aromatic N) is 2. The van der Waals surface area contributed by atoms with Gasteiger partial charge in [0.1, 0.15) is 0 Å². The van der Waals surface area contributed by atoms with Gasteiger partial charge in [-0.1, -0.05) is 18.9 Å². The zero-order valence-corrected chi connectivity index (χ0v) is 8.97. The molecule has 0 bridgehead atoms. The van der Waals surface area contributed by atoms with Gasteiger partial charge in [-0.25, -0.2) is 4.79 Å². The first-order valence-corrected chi connectivity index (χ1v) is 5.48. The van der Waals surface area contributed by atoms with Crippen LogP contribution >= 0.6 is 0 Å². The van der Waals surface area contributed by atoms with Crippen LogP contribution in [0.5, 0.6) is 0 Å². The van der Waals surface area contributed by atoms with E-state index in [1.165, 1.54) is 6.20 Å². The van der Waals surface area contributed by atoms with Gasteiger partial charge in [0.2, 0.25) is 0 Å². The third kappa shape index (κ3) is 2.62. The van der Waals surface area contributed by atoms with Crippen molar-refractivity contribution in [3.63, 3.8) is 0 Å². The highest BCUT2D eigenvalue weighted by molar-refractivity contribution is 5.75. The van der Waals surface area contributed by atoms with Crippen molar-refractivity contribution in [2.45, 2.75) is 31.7 Å². The number of rotatable bonds is 1. The molecule has 0 aromatic carbocycles. The fourth-order valence-corrected chi connectivity index (χ4v) is 1.90. The fourth-order valence-electron chi connectivity index (χ4n) is 1.90. The van der Waals surface area contributed by atoms with Gasteiger partial charge in [-0.15, -0.1) is 0 Å². The van der Waals surface area contributed by atoms with E-state index in [0.29, 0.717) is 0 Å². The minimum absolute atomic E-state index is 0.234. The summed E-state index contributed by atoms with van der Waals surface area (Å²) < 4.78 is 0.828. The number of amides is 2. The highest BCUT2D eigenvalue weighted by atomic mass is 16.5. The number of nitrogens with one attached hydrogen (secondary N) is 1. The van der Waals surface area contributed by atoms with Gasteiger partial charge in [0.15, 0.2) is 5.49 Å². The highest BCUT2D eigenvalue weighted by Gasteiger charge is 2.16. The van der Waals surface area contributed by atoms with Crippen LogP contribution in [0.3, 0.4) is 0 Å². The lowest BCUT2D eigenvalue weighted by molar-refractivity contribution is 0.171. The molecule has 5 nitrogen and oxygen atoms in total. The lowest BCUT2D eigenvalue weighted by Gasteiger charge is -2.08. The maximum absolute atomic E-state index is 11.5. The van der Waals surface area contributed by atoms with Gasteiger partial charge in [-0.2, -0.15) is 9.72 Å². The molecule has 86 valence electrons. The first-order valence-electron chi connectivity index (χ1n) is 5.48. The predicted molar refractivity (Wildman–Crippen MR) is 58.0 cm³/mol. The number of carbonyl (C=O) groups excluding carboxylic acids is 1. The van der Waals surface area contributed by atoms with Crippen LogP contribution in [-0.4, -0.2) is 22.0 Å². The number of urea groups is 1. The largest absolute Gasteiger partial charge is 0.427 e. The Balaban J connectivity index is 2.06. The van der Waals surface area contributed by atoms with E-state index in [4.69, 9.17) is 0 Å². The van der Waals surface area contributed by atoms with Gasteiger partial charge in [0.25, 0.3) is 0 Å². The SMILES string of the molecule is O=C(/N=c1\ccccn1O)NC1CCCC1. The van der Waals surface area contributed by atoms with Crippen LogP contribution in [0, 0.1) is 0 Å². The normalized spacial score (nSPS) is 17.6. The molecule has 1 fully saturated rings. The summed E-state index contributed by atoms with van der Waals surface area (Å²) in [5.41, 5.74) is 0.234. The molecule has 1 heterocycles. The minimum atomic E-state index is -0.388. The zero-order valence-electron chi connectivity index (χ0n) is 8.97.